The van der Waals surface area contributed by atoms with Crippen LogP contribution in [0.3, 0.4) is 0 Å². The van der Waals surface area contributed by atoms with Gasteiger partial charge in [-0.05, 0) is 76.4 Å². The van der Waals surface area contributed by atoms with Crippen LogP contribution in [0.1, 0.15) is 62.8 Å². The average Bonchev–Trinajstić information content (AvgIpc) is 3.66. The Morgan fingerprint density at radius 2 is 1.74 bits per heavy atom. The predicted octanol–water partition coefficient (Wildman–Crippen LogP) is 7.37. The summed E-state index contributed by atoms with van der Waals surface area (Å²) >= 11 is 1.28. The van der Waals surface area contributed by atoms with Gasteiger partial charge in [0.05, 0.1) is 5.69 Å². The van der Waals surface area contributed by atoms with Crippen LogP contribution in [-0.4, -0.2) is 61.1 Å². The molecule has 6 rings (SSSR count). The van der Waals surface area contributed by atoms with E-state index in [-0.39, 0.29) is 17.8 Å². The maximum absolute atomic E-state index is 13.6. The molecule has 0 aliphatic carbocycles. The van der Waals surface area contributed by atoms with E-state index in [1.54, 1.807) is 17.0 Å². The van der Waals surface area contributed by atoms with E-state index in [4.69, 9.17) is 24.7 Å². The highest BCUT2D eigenvalue weighted by Gasteiger charge is 2.29. The Hall–Kier alpha value is -4.89. The van der Waals surface area contributed by atoms with Gasteiger partial charge >= 0.3 is 6.09 Å². The van der Waals surface area contributed by atoms with Crippen LogP contribution in [0.4, 0.5) is 20.1 Å². The van der Waals surface area contributed by atoms with Gasteiger partial charge in [0.2, 0.25) is 0 Å². The molecule has 0 N–H and O–H groups in total. The number of carbonyl (C=O) groups is 1. The van der Waals surface area contributed by atoms with Crippen molar-refractivity contribution in [3.63, 3.8) is 0 Å². The third-order valence-corrected chi connectivity index (χ3v) is 8.99. The number of ether oxygens (including phenoxy) is 1. The van der Waals surface area contributed by atoms with Gasteiger partial charge in [0.25, 0.3) is 0 Å². The lowest BCUT2D eigenvalue weighted by atomic mass is 9.96. The Bertz CT molecular complexity index is 1910. The highest BCUT2D eigenvalue weighted by Crippen LogP contribution is 2.37. The summed E-state index contributed by atoms with van der Waals surface area (Å²) in [5, 5.41) is 10.5. The molecule has 12 heteroatoms. The first-order valence-corrected chi connectivity index (χ1v) is 16.1. The second-order valence-electron chi connectivity index (χ2n) is 12.3. The fourth-order valence-electron chi connectivity index (χ4n) is 5.61. The number of fused-ring (bicyclic) bond motifs is 1. The van der Waals surface area contributed by atoms with Crippen molar-refractivity contribution in [2.75, 3.05) is 25.0 Å². The number of benzene rings is 1. The van der Waals surface area contributed by atoms with Gasteiger partial charge in [-0.3, -0.25) is 4.40 Å². The predicted molar refractivity (Wildman–Crippen MR) is 176 cm³/mol. The number of likely N-dealkylation sites (tertiary alicyclic amines) is 1. The van der Waals surface area contributed by atoms with Gasteiger partial charge in [-0.25, -0.2) is 29.1 Å². The molecular weight excluding hydrogens is 603 g/mol. The molecule has 1 aliphatic rings. The van der Waals surface area contributed by atoms with Gasteiger partial charge in [-0.2, -0.15) is 5.26 Å². The molecule has 5 aromatic rings. The summed E-state index contributed by atoms with van der Waals surface area (Å²) in [6.07, 6.45) is 7.69. The number of imidazole rings is 1. The summed E-state index contributed by atoms with van der Waals surface area (Å²) in [6, 6.07) is 12.2. The van der Waals surface area contributed by atoms with Gasteiger partial charge in [0, 0.05) is 61.3 Å². The third kappa shape index (κ3) is 6.28. The molecule has 0 spiro atoms. The van der Waals surface area contributed by atoms with Crippen molar-refractivity contribution in [3.8, 4) is 28.5 Å². The lowest BCUT2D eigenvalue weighted by molar-refractivity contribution is 0.0203. The first-order chi connectivity index (χ1) is 22.0. The number of rotatable bonds is 6. The quantitative estimate of drug-likeness (QED) is 0.190. The first kappa shape index (κ1) is 31.1. The van der Waals surface area contributed by atoms with Crippen LogP contribution >= 0.6 is 11.3 Å². The van der Waals surface area contributed by atoms with Gasteiger partial charge in [0.15, 0.2) is 5.13 Å². The van der Waals surface area contributed by atoms with Gasteiger partial charge < -0.3 is 14.5 Å². The lowest BCUT2D eigenvalue weighted by Crippen LogP contribution is -2.41. The second kappa shape index (κ2) is 12.5. The molecule has 1 amide bonds. The second-order valence-corrected chi connectivity index (χ2v) is 13.3. The number of hydrogen-bond acceptors (Lipinski definition) is 9. The summed E-state index contributed by atoms with van der Waals surface area (Å²) in [7, 11) is 1.91. The number of anilines is 2. The SMILES string of the molecule is CCc1nc2ccc(-c3cnc(C4CCN(C(=O)OC(C)(C)C)CC4)nc3)cn2c1N(C)c1nc(-c2ccc(F)cc2)c(C#N)s1. The Labute approximate surface area is 271 Å². The molecule has 10 nitrogen and oxygen atoms in total. The number of aryl methyl sites for hydroxylation is 1. The normalized spacial score (nSPS) is 14.0. The van der Waals surface area contributed by atoms with Crippen molar-refractivity contribution in [1.82, 2.24) is 29.2 Å². The van der Waals surface area contributed by atoms with Gasteiger partial charge in [0.1, 0.15) is 45.3 Å². The van der Waals surface area contributed by atoms with E-state index in [1.165, 1.54) is 23.5 Å². The fraction of sp³-hybridized carbons (Fsp3) is 0.353. The van der Waals surface area contributed by atoms with Crippen molar-refractivity contribution in [2.45, 2.75) is 58.5 Å². The molecule has 1 aliphatic heterocycles. The highest BCUT2D eigenvalue weighted by molar-refractivity contribution is 7.16. The van der Waals surface area contributed by atoms with E-state index in [2.05, 4.69) is 13.0 Å². The molecule has 0 saturated carbocycles. The molecule has 0 bridgehead atoms. The van der Waals surface area contributed by atoms with E-state index in [0.717, 1.165) is 47.0 Å². The number of pyridine rings is 1. The van der Waals surface area contributed by atoms with E-state index in [1.807, 2.05) is 67.8 Å². The molecule has 0 unspecified atom stereocenters. The highest BCUT2D eigenvalue weighted by atomic mass is 32.1. The van der Waals surface area contributed by atoms with Crippen LogP contribution in [0.25, 0.3) is 28.0 Å². The molecule has 1 saturated heterocycles. The monoisotopic (exact) mass is 638 g/mol. The molecule has 5 heterocycles. The van der Waals surface area contributed by atoms with E-state index < -0.39 is 5.60 Å². The molecule has 236 valence electrons. The minimum Gasteiger partial charge on any atom is -0.444 e. The summed E-state index contributed by atoms with van der Waals surface area (Å²) in [6.45, 7) is 8.89. The fourth-order valence-corrected chi connectivity index (χ4v) is 6.46. The van der Waals surface area contributed by atoms with E-state index in [0.29, 0.717) is 40.8 Å². The molecule has 4 aromatic heterocycles. The largest absolute Gasteiger partial charge is 0.444 e. The van der Waals surface area contributed by atoms with Crippen molar-refractivity contribution in [2.24, 2.45) is 0 Å². The Balaban J connectivity index is 1.24. The van der Waals surface area contributed by atoms with Crippen LogP contribution < -0.4 is 4.90 Å². The Morgan fingerprint density at radius 3 is 2.37 bits per heavy atom. The van der Waals surface area contributed by atoms with Crippen LogP contribution in [0.5, 0.6) is 0 Å². The van der Waals surface area contributed by atoms with Gasteiger partial charge in [-0.15, -0.1) is 0 Å². The zero-order valence-electron chi connectivity index (χ0n) is 26.5. The summed E-state index contributed by atoms with van der Waals surface area (Å²) in [5.41, 5.74) is 4.16. The van der Waals surface area contributed by atoms with Crippen LogP contribution in [-0.2, 0) is 11.2 Å². The summed E-state index contributed by atoms with van der Waals surface area (Å²) in [5.74, 6) is 1.45. The first-order valence-electron chi connectivity index (χ1n) is 15.3. The van der Waals surface area contributed by atoms with Crippen molar-refractivity contribution in [1.29, 1.82) is 5.26 Å². The molecular formula is C34H35FN8O2S. The number of thiazole rings is 1. The molecule has 1 fully saturated rings. The number of carbonyl (C=O) groups excluding carboxylic acids is 1. The van der Waals surface area contributed by atoms with Crippen LogP contribution in [0.15, 0.2) is 55.0 Å². The zero-order chi connectivity index (χ0) is 32.6. The van der Waals surface area contributed by atoms with Crippen molar-refractivity contribution < 1.29 is 13.9 Å². The number of nitriles is 1. The van der Waals surface area contributed by atoms with Crippen molar-refractivity contribution >= 4 is 34.0 Å². The number of nitrogens with zero attached hydrogens (tertiary/aromatic N) is 8. The van der Waals surface area contributed by atoms with Crippen LogP contribution in [0.2, 0.25) is 0 Å². The molecule has 0 atom stereocenters. The number of halogens is 1. The maximum Gasteiger partial charge on any atom is 0.410 e. The number of piperidine rings is 1. The average molecular weight is 639 g/mol. The topological polar surface area (TPSA) is 113 Å². The lowest BCUT2D eigenvalue weighted by Gasteiger charge is -2.32. The summed E-state index contributed by atoms with van der Waals surface area (Å²) in [4.78, 5) is 35.7. The van der Waals surface area contributed by atoms with Gasteiger partial charge in [-0.1, -0.05) is 18.3 Å². The Kier molecular flexibility index (Phi) is 8.44. The zero-order valence-corrected chi connectivity index (χ0v) is 27.3. The molecule has 0 radical (unpaired) electrons. The minimum absolute atomic E-state index is 0.174. The number of amides is 1. The van der Waals surface area contributed by atoms with Crippen LogP contribution in [0, 0.1) is 17.1 Å². The Morgan fingerprint density at radius 1 is 1.07 bits per heavy atom. The smallest absolute Gasteiger partial charge is 0.410 e. The number of hydrogen-bond donors (Lipinski definition) is 0. The van der Waals surface area contributed by atoms with Crippen molar-refractivity contribution in [3.05, 3.63) is 77.2 Å². The number of aromatic nitrogens is 5. The maximum atomic E-state index is 13.6. The minimum atomic E-state index is -0.516. The van der Waals surface area contributed by atoms with E-state index >= 15 is 0 Å². The molecule has 46 heavy (non-hydrogen) atoms. The molecule has 1 aromatic carbocycles. The standard InChI is InChI=1S/C34H35FN8O2S/c1-6-26-31(41(5)32-40-29(27(17-36)46-32)21-7-10-25(35)11-8-21)43-20-23(9-12-28(43)39-26)24-18-37-30(38-19-24)22-13-15-42(16-14-22)33(44)45-34(2,3)4/h7-12,18-20,22H,6,13-16H2,1-5H3. The summed E-state index contributed by atoms with van der Waals surface area (Å²) < 4.78 is 21.1. The van der Waals surface area contributed by atoms with E-state index in [9.17, 15) is 14.4 Å². The third-order valence-electron chi connectivity index (χ3n) is 7.95.